The molecule has 4 rings (SSSR count). The van der Waals surface area contributed by atoms with Crippen LogP contribution in [-0.4, -0.2) is 49.5 Å². The highest BCUT2D eigenvalue weighted by Crippen LogP contribution is 2.31. The molecule has 3 aromatic rings. The van der Waals surface area contributed by atoms with E-state index in [1.54, 1.807) is 9.80 Å². The molecular formula is C23H19F6N7O2S. The van der Waals surface area contributed by atoms with Gasteiger partial charge >= 0.3 is 12.4 Å². The maximum Gasteiger partial charge on any atom is 0.433 e. The van der Waals surface area contributed by atoms with Gasteiger partial charge in [0.1, 0.15) is 17.6 Å². The largest absolute Gasteiger partial charge is 0.433 e. The number of sulfonamides is 1. The normalized spacial score (nSPS) is 15.0. The summed E-state index contributed by atoms with van der Waals surface area (Å²) >= 11 is 0. The van der Waals surface area contributed by atoms with Crippen LogP contribution in [0.2, 0.25) is 0 Å². The van der Waals surface area contributed by atoms with Gasteiger partial charge in [0, 0.05) is 32.4 Å². The highest BCUT2D eigenvalue weighted by Gasteiger charge is 2.34. The van der Waals surface area contributed by atoms with Crippen molar-refractivity contribution in [2.45, 2.75) is 23.7 Å². The molecule has 1 fully saturated rings. The Balaban J connectivity index is 1.49. The highest BCUT2D eigenvalue weighted by atomic mass is 32.2. The third-order valence-electron chi connectivity index (χ3n) is 5.74. The van der Waals surface area contributed by atoms with Crippen LogP contribution < -0.4 is 14.5 Å². The van der Waals surface area contributed by atoms with Crippen molar-refractivity contribution >= 4 is 27.5 Å². The monoisotopic (exact) mass is 571 g/mol. The highest BCUT2D eigenvalue weighted by molar-refractivity contribution is 7.92. The molecule has 9 nitrogen and oxygen atoms in total. The van der Waals surface area contributed by atoms with Crippen LogP contribution in [0.1, 0.15) is 23.2 Å². The third-order valence-corrected chi connectivity index (χ3v) is 7.14. The molecule has 0 amide bonds. The first-order valence-corrected chi connectivity index (χ1v) is 12.8. The topological polar surface area (TPSA) is 115 Å². The number of nitrogens with zero attached hydrogens (tertiary/aromatic N) is 6. The van der Waals surface area contributed by atoms with E-state index in [9.17, 15) is 40.0 Å². The molecule has 1 N–H and O–H groups in total. The van der Waals surface area contributed by atoms with Crippen LogP contribution in [0, 0.1) is 11.3 Å². The fourth-order valence-electron chi connectivity index (χ4n) is 3.87. The number of hydrogen-bond donors (Lipinski definition) is 1. The Morgan fingerprint density at radius 1 is 0.897 bits per heavy atom. The summed E-state index contributed by atoms with van der Waals surface area (Å²) in [6, 6.07) is 6.88. The quantitative estimate of drug-likeness (QED) is 0.451. The van der Waals surface area contributed by atoms with Crippen LogP contribution >= 0.6 is 0 Å². The molecule has 3 heterocycles. The first kappa shape index (κ1) is 27.9. The van der Waals surface area contributed by atoms with Gasteiger partial charge in [-0.3, -0.25) is 4.72 Å². The number of anilines is 3. The number of nitriles is 1. The van der Waals surface area contributed by atoms with E-state index in [0.29, 0.717) is 31.6 Å². The maximum atomic E-state index is 13.0. The summed E-state index contributed by atoms with van der Waals surface area (Å²) in [6.07, 6.45) is -6.56. The van der Waals surface area contributed by atoms with Gasteiger partial charge in [-0.2, -0.15) is 31.6 Å². The predicted molar refractivity (Wildman–Crippen MR) is 127 cm³/mol. The van der Waals surface area contributed by atoms with Gasteiger partial charge in [-0.05, 0) is 42.8 Å². The average molecular weight is 572 g/mol. The van der Waals surface area contributed by atoms with Crippen molar-refractivity contribution in [3.8, 4) is 6.07 Å². The van der Waals surface area contributed by atoms with Crippen molar-refractivity contribution in [3.63, 3.8) is 0 Å². The molecular weight excluding hydrogens is 552 g/mol. The zero-order valence-corrected chi connectivity index (χ0v) is 20.6. The Hall–Kier alpha value is -4.13. The average Bonchev–Trinajstić information content (AvgIpc) is 3.14. The summed E-state index contributed by atoms with van der Waals surface area (Å²) < 4.78 is 105. The van der Waals surface area contributed by atoms with E-state index in [0.717, 1.165) is 30.6 Å². The van der Waals surface area contributed by atoms with Gasteiger partial charge in [-0.25, -0.2) is 23.4 Å². The predicted octanol–water partition coefficient (Wildman–Crippen LogP) is 4.30. The molecule has 0 saturated carbocycles. The Bertz CT molecular complexity index is 1490. The fraction of sp³-hybridized carbons (Fsp3) is 0.304. The molecule has 0 bridgehead atoms. The van der Waals surface area contributed by atoms with Gasteiger partial charge in [0.15, 0.2) is 0 Å². The maximum absolute atomic E-state index is 13.0. The Kier molecular flexibility index (Phi) is 7.55. The van der Waals surface area contributed by atoms with Crippen LogP contribution in [0.3, 0.4) is 0 Å². The van der Waals surface area contributed by atoms with E-state index in [2.05, 4.69) is 19.7 Å². The molecule has 2 aromatic heterocycles. The molecule has 0 atom stereocenters. The van der Waals surface area contributed by atoms with Gasteiger partial charge in [-0.15, -0.1) is 0 Å². The van der Waals surface area contributed by atoms with Crippen LogP contribution in [0.5, 0.6) is 0 Å². The number of rotatable bonds is 5. The summed E-state index contributed by atoms with van der Waals surface area (Å²) in [7, 11) is -4.28. The zero-order valence-electron chi connectivity index (χ0n) is 19.8. The minimum atomic E-state index is -4.62. The SMILES string of the molecule is N#Cc1cc(NS(=O)(=O)c2ccc(C(F)(F)F)cc2)cnc1N1CCCN(c2nccc(C(F)(F)F)n2)CC1. The van der Waals surface area contributed by atoms with Gasteiger partial charge in [-0.1, -0.05) is 0 Å². The molecule has 1 aliphatic rings. The number of pyridine rings is 1. The van der Waals surface area contributed by atoms with Crippen molar-refractivity contribution in [2.24, 2.45) is 0 Å². The first-order valence-electron chi connectivity index (χ1n) is 11.3. The summed E-state index contributed by atoms with van der Waals surface area (Å²) in [4.78, 5) is 14.7. The summed E-state index contributed by atoms with van der Waals surface area (Å²) in [5.74, 6) is 0.162. The Labute approximate surface area is 218 Å². The van der Waals surface area contributed by atoms with Gasteiger partial charge < -0.3 is 9.80 Å². The summed E-state index contributed by atoms with van der Waals surface area (Å²) in [5, 5.41) is 9.67. The first-order chi connectivity index (χ1) is 18.3. The molecule has 0 radical (unpaired) electrons. The molecule has 0 spiro atoms. The van der Waals surface area contributed by atoms with Crippen molar-refractivity contribution in [2.75, 3.05) is 40.7 Å². The minimum Gasteiger partial charge on any atom is -0.354 e. The Morgan fingerprint density at radius 3 is 2.21 bits per heavy atom. The number of hydrogen-bond acceptors (Lipinski definition) is 8. The molecule has 39 heavy (non-hydrogen) atoms. The molecule has 0 aliphatic carbocycles. The second kappa shape index (κ2) is 10.6. The number of alkyl halides is 6. The standard InChI is InChI=1S/C23H19F6N7O2S/c24-22(25,26)16-2-4-18(5-3-16)39(37,38)34-17-12-15(13-30)20(32-14-17)35-8-1-9-36(11-10-35)21-31-7-6-19(33-21)23(27,28)29/h2-7,12,14,34H,1,8-11H2. The van der Waals surface area contributed by atoms with Crippen molar-refractivity contribution < 1.29 is 34.8 Å². The second-order valence-electron chi connectivity index (χ2n) is 8.40. The van der Waals surface area contributed by atoms with Crippen LogP contribution in [0.4, 0.5) is 43.8 Å². The van der Waals surface area contributed by atoms with Gasteiger partial charge in [0.25, 0.3) is 10.0 Å². The lowest BCUT2D eigenvalue weighted by molar-refractivity contribution is -0.141. The molecule has 206 valence electrons. The summed E-state index contributed by atoms with van der Waals surface area (Å²) in [5.41, 5.74) is -2.12. The minimum absolute atomic E-state index is 0.0198. The van der Waals surface area contributed by atoms with Crippen molar-refractivity contribution in [1.82, 2.24) is 15.0 Å². The van der Waals surface area contributed by atoms with Crippen molar-refractivity contribution in [1.29, 1.82) is 5.26 Å². The van der Waals surface area contributed by atoms with Gasteiger partial charge in [0.05, 0.1) is 27.9 Å². The lowest BCUT2D eigenvalue weighted by Gasteiger charge is -2.24. The second-order valence-corrected chi connectivity index (χ2v) is 10.1. The molecule has 16 heteroatoms. The van der Waals surface area contributed by atoms with E-state index in [1.165, 1.54) is 6.07 Å². The van der Waals surface area contributed by atoms with E-state index in [4.69, 9.17) is 0 Å². The van der Waals surface area contributed by atoms with Crippen LogP contribution in [0.25, 0.3) is 0 Å². The van der Waals surface area contributed by atoms with E-state index < -0.39 is 38.5 Å². The molecule has 1 aromatic carbocycles. The number of aromatic nitrogens is 3. The zero-order chi connectivity index (χ0) is 28.4. The lowest BCUT2D eigenvalue weighted by atomic mass is 10.2. The van der Waals surface area contributed by atoms with E-state index in [1.807, 2.05) is 6.07 Å². The molecule has 1 saturated heterocycles. The van der Waals surface area contributed by atoms with Gasteiger partial charge in [0.2, 0.25) is 5.95 Å². The fourth-order valence-corrected chi connectivity index (χ4v) is 4.91. The molecule has 1 aliphatic heterocycles. The number of halogens is 6. The number of benzene rings is 1. The number of nitrogens with one attached hydrogen (secondary N) is 1. The summed E-state index contributed by atoms with van der Waals surface area (Å²) in [6.45, 7) is 1.24. The van der Waals surface area contributed by atoms with Crippen molar-refractivity contribution in [3.05, 3.63) is 65.6 Å². The molecule has 0 unspecified atom stereocenters. The van der Waals surface area contributed by atoms with E-state index in [-0.39, 0.29) is 36.1 Å². The third kappa shape index (κ3) is 6.48. The Morgan fingerprint density at radius 2 is 1.56 bits per heavy atom. The smallest absolute Gasteiger partial charge is 0.354 e. The van der Waals surface area contributed by atoms with Crippen LogP contribution in [0.15, 0.2) is 53.7 Å². The van der Waals surface area contributed by atoms with Crippen LogP contribution in [-0.2, 0) is 22.4 Å². The lowest BCUT2D eigenvalue weighted by Crippen LogP contribution is -2.32. The van der Waals surface area contributed by atoms with E-state index >= 15 is 0 Å².